The number of rotatable bonds is 7. The summed E-state index contributed by atoms with van der Waals surface area (Å²) in [5.74, 6) is 0.00309. The van der Waals surface area contributed by atoms with Crippen LogP contribution in [0.25, 0.3) is 11.1 Å². The smallest absolute Gasteiger partial charge is 0.308 e. The number of fused-ring (bicyclic) bond motifs is 1. The van der Waals surface area contributed by atoms with Gasteiger partial charge in [-0.2, -0.15) is 0 Å². The van der Waals surface area contributed by atoms with Gasteiger partial charge in [0, 0.05) is 12.2 Å². The van der Waals surface area contributed by atoms with Gasteiger partial charge >= 0.3 is 5.97 Å². The van der Waals surface area contributed by atoms with E-state index in [0.717, 1.165) is 22.6 Å². The molecule has 6 nitrogen and oxygen atoms in total. The van der Waals surface area contributed by atoms with Gasteiger partial charge < -0.3 is 20.1 Å². The predicted molar refractivity (Wildman–Crippen MR) is 137 cm³/mol. The molecule has 0 radical (unpaired) electrons. The SMILES string of the molecule is CC(C)(C)OC(=O)C[C@@H](N)C(=O)N1CCc2cc(OCc3ccc(-c4ccccc4)cc3)ccc21. The summed E-state index contributed by atoms with van der Waals surface area (Å²) in [4.78, 5) is 26.6. The molecule has 1 aliphatic rings. The summed E-state index contributed by atoms with van der Waals surface area (Å²) in [7, 11) is 0. The van der Waals surface area contributed by atoms with Gasteiger partial charge in [0.2, 0.25) is 5.91 Å². The molecule has 0 fully saturated rings. The number of carbonyl (C=O) groups excluding carboxylic acids is 2. The van der Waals surface area contributed by atoms with Crippen molar-refractivity contribution in [3.8, 4) is 16.9 Å². The summed E-state index contributed by atoms with van der Waals surface area (Å²) in [6, 6.07) is 23.4. The topological polar surface area (TPSA) is 81.9 Å². The van der Waals surface area contributed by atoms with Crippen LogP contribution in [0.5, 0.6) is 5.75 Å². The minimum atomic E-state index is -0.939. The van der Waals surface area contributed by atoms with Crippen LogP contribution in [0.3, 0.4) is 0 Å². The molecule has 0 unspecified atom stereocenters. The van der Waals surface area contributed by atoms with Crippen LogP contribution >= 0.6 is 0 Å². The van der Waals surface area contributed by atoms with Crippen molar-refractivity contribution in [2.75, 3.05) is 11.4 Å². The van der Waals surface area contributed by atoms with E-state index in [9.17, 15) is 9.59 Å². The number of hydrogen-bond acceptors (Lipinski definition) is 5. The van der Waals surface area contributed by atoms with Crippen molar-refractivity contribution in [3.05, 3.63) is 83.9 Å². The third kappa shape index (κ3) is 6.28. The monoisotopic (exact) mass is 472 g/mol. The van der Waals surface area contributed by atoms with Crippen molar-refractivity contribution < 1.29 is 19.1 Å². The molecule has 1 heterocycles. The Morgan fingerprint density at radius 3 is 2.34 bits per heavy atom. The lowest BCUT2D eigenvalue weighted by Crippen LogP contribution is -2.45. The fourth-order valence-corrected chi connectivity index (χ4v) is 4.14. The molecule has 0 aromatic heterocycles. The maximum Gasteiger partial charge on any atom is 0.308 e. The van der Waals surface area contributed by atoms with E-state index in [0.29, 0.717) is 19.6 Å². The highest BCUT2D eigenvalue weighted by Gasteiger charge is 2.31. The van der Waals surface area contributed by atoms with Crippen molar-refractivity contribution in [2.45, 2.75) is 51.9 Å². The molecule has 6 heteroatoms. The van der Waals surface area contributed by atoms with Crippen LogP contribution in [0.1, 0.15) is 38.3 Å². The van der Waals surface area contributed by atoms with Crippen LogP contribution in [-0.2, 0) is 27.4 Å². The van der Waals surface area contributed by atoms with E-state index in [2.05, 4.69) is 36.4 Å². The normalized spacial score (nSPS) is 13.8. The van der Waals surface area contributed by atoms with Crippen LogP contribution in [0.2, 0.25) is 0 Å². The van der Waals surface area contributed by atoms with E-state index in [1.807, 2.05) is 36.4 Å². The highest BCUT2D eigenvalue weighted by atomic mass is 16.6. The Bertz CT molecular complexity index is 1180. The van der Waals surface area contributed by atoms with Crippen LogP contribution in [0.15, 0.2) is 72.8 Å². The number of hydrogen-bond donors (Lipinski definition) is 1. The Balaban J connectivity index is 1.35. The highest BCUT2D eigenvalue weighted by Crippen LogP contribution is 2.32. The van der Waals surface area contributed by atoms with E-state index >= 15 is 0 Å². The van der Waals surface area contributed by atoms with Crippen molar-refractivity contribution in [1.82, 2.24) is 0 Å². The van der Waals surface area contributed by atoms with Gasteiger partial charge in [-0.25, -0.2) is 0 Å². The maximum absolute atomic E-state index is 12.9. The molecule has 0 saturated heterocycles. The number of nitrogens with zero attached hydrogens (tertiary/aromatic N) is 1. The number of nitrogens with two attached hydrogens (primary N) is 1. The third-order valence-electron chi connectivity index (χ3n) is 5.80. The second-order valence-corrected chi connectivity index (χ2v) is 9.78. The van der Waals surface area contributed by atoms with E-state index in [-0.39, 0.29) is 12.3 Å². The number of esters is 1. The Kier molecular flexibility index (Phi) is 7.22. The van der Waals surface area contributed by atoms with Crippen LogP contribution in [-0.4, -0.2) is 30.1 Å². The number of anilines is 1. The van der Waals surface area contributed by atoms with Gasteiger partial charge in [-0.15, -0.1) is 0 Å². The Morgan fingerprint density at radius 2 is 1.66 bits per heavy atom. The molecule has 182 valence electrons. The first-order valence-corrected chi connectivity index (χ1v) is 11.9. The molecule has 1 aliphatic heterocycles. The number of benzene rings is 3. The fraction of sp³-hybridized carbons (Fsp3) is 0.310. The van der Waals surface area contributed by atoms with E-state index in [4.69, 9.17) is 15.2 Å². The second-order valence-electron chi connectivity index (χ2n) is 9.78. The lowest BCUT2D eigenvalue weighted by atomic mass is 10.0. The molecule has 0 aliphatic carbocycles. The summed E-state index contributed by atoms with van der Waals surface area (Å²) in [6.07, 6.45) is 0.565. The third-order valence-corrected chi connectivity index (χ3v) is 5.80. The van der Waals surface area contributed by atoms with Crippen LogP contribution in [0.4, 0.5) is 5.69 Å². The van der Waals surface area contributed by atoms with Crippen LogP contribution < -0.4 is 15.4 Å². The molecular weight excluding hydrogens is 440 g/mol. The highest BCUT2D eigenvalue weighted by molar-refractivity contribution is 6.00. The zero-order valence-electron chi connectivity index (χ0n) is 20.5. The van der Waals surface area contributed by atoms with E-state index < -0.39 is 17.6 Å². The van der Waals surface area contributed by atoms with Crippen molar-refractivity contribution in [3.63, 3.8) is 0 Å². The summed E-state index contributed by atoms with van der Waals surface area (Å²) in [5, 5.41) is 0. The first kappa shape index (κ1) is 24.5. The van der Waals surface area contributed by atoms with Crippen molar-refractivity contribution in [2.24, 2.45) is 5.73 Å². The number of amides is 1. The van der Waals surface area contributed by atoms with Gasteiger partial charge in [0.25, 0.3) is 0 Å². The molecule has 3 aromatic carbocycles. The first-order chi connectivity index (χ1) is 16.7. The summed E-state index contributed by atoms with van der Waals surface area (Å²) < 4.78 is 11.3. The minimum Gasteiger partial charge on any atom is -0.489 e. The molecule has 0 saturated carbocycles. The van der Waals surface area contributed by atoms with Crippen LogP contribution in [0, 0.1) is 0 Å². The average Bonchev–Trinajstić information content (AvgIpc) is 3.25. The van der Waals surface area contributed by atoms with Gasteiger partial charge in [-0.1, -0.05) is 54.6 Å². The standard InChI is InChI=1S/C29H32N2O4/c1-29(2,3)35-27(32)18-25(30)28(33)31-16-15-23-17-24(13-14-26(23)31)34-19-20-9-11-22(12-10-20)21-7-5-4-6-8-21/h4-14,17,25H,15-16,18-19,30H2,1-3H3/t25-/m1/s1. The summed E-state index contributed by atoms with van der Waals surface area (Å²) in [6.45, 7) is 6.34. The minimum absolute atomic E-state index is 0.147. The van der Waals surface area contributed by atoms with Gasteiger partial charge in [-0.3, -0.25) is 9.59 Å². The average molecular weight is 473 g/mol. The lowest BCUT2D eigenvalue weighted by Gasteiger charge is -2.23. The molecule has 0 spiro atoms. The van der Waals surface area contributed by atoms with Gasteiger partial charge in [0.1, 0.15) is 18.0 Å². The quantitative estimate of drug-likeness (QED) is 0.496. The molecule has 3 aromatic rings. The van der Waals surface area contributed by atoms with E-state index in [1.54, 1.807) is 25.7 Å². The molecular formula is C29H32N2O4. The Labute approximate surface area is 206 Å². The van der Waals surface area contributed by atoms with Gasteiger partial charge in [0.15, 0.2) is 0 Å². The Morgan fingerprint density at radius 1 is 0.971 bits per heavy atom. The maximum atomic E-state index is 12.9. The molecule has 4 rings (SSSR count). The van der Waals surface area contributed by atoms with Crippen molar-refractivity contribution >= 4 is 17.6 Å². The van der Waals surface area contributed by atoms with E-state index in [1.165, 1.54) is 11.1 Å². The second kappa shape index (κ2) is 10.3. The largest absolute Gasteiger partial charge is 0.489 e. The van der Waals surface area contributed by atoms with Crippen molar-refractivity contribution in [1.29, 1.82) is 0 Å². The van der Waals surface area contributed by atoms with Gasteiger partial charge in [0.05, 0.1) is 12.5 Å². The molecule has 35 heavy (non-hydrogen) atoms. The zero-order valence-corrected chi connectivity index (χ0v) is 20.5. The van der Waals surface area contributed by atoms with Gasteiger partial charge in [-0.05, 0) is 67.6 Å². The Hall–Kier alpha value is -3.64. The zero-order chi connectivity index (χ0) is 25.0. The number of ether oxygens (including phenoxy) is 2. The predicted octanol–water partition coefficient (Wildman–Crippen LogP) is 4.88. The fourth-order valence-electron chi connectivity index (χ4n) is 4.14. The summed E-state index contributed by atoms with van der Waals surface area (Å²) >= 11 is 0. The number of carbonyl (C=O) groups is 2. The summed E-state index contributed by atoms with van der Waals surface area (Å²) in [5.41, 5.74) is 10.7. The molecule has 2 N–H and O–H groups in total. The molecule has 1 amide bonds. The molecule has 1 atom stereocenters. The first-order valence-electron chi connectivity index (χ1n) is 11.9. The molecule has 0 bridgehead atoms. The lowest BCUT2D eigenvalue weighted by molar-refractivity contribution is -0.156.